The first-order chi connectivity index (χ1) is 37.9. The van der Waals surface area contributed by atoms with Crippen LogP contribution in [0.5, 0.6) is 0 Å². The van der Waals surface area contributed by atoms with Crippen molar-refractivity contribution in [3.63, 3.8) is 0 Å². The van der Waals surface area contributed by atoms with Gasteiger partial charge in [0.25, 0.3) is 0 Å². The second-order valence-electron chi connectivity index (χ2n) is 20.8. The van der Waals surface area contributed by atoms with E-state index < -0.39 is 182 Å². The summed E-state index contributed by atoms with van der Waals surface area (Å²) in [4.78, 5) is 175. The molecule has 20 N–H and O–H groups in total. The normalized spacial score (nSPS) is 16.0. The number of carbonyl (C=O) groups is 13. The summed E-state index contributed by atoms with van der Waals surface area (Å²) in [5.41, 5.74) is 22.2. The number of carboxylic acid groups (broad SMARTS) is 4. The Morgan fingerprint density at radius 1 is 0.556 bits per heavy atom. The van der Waals surface area contributed by atoms with E-state index >= 15 is 0 Å². The molecule has 9 amide bonds. The number of aliphatic carboxylic acids is 4. The predicted molar refractivity (Wildman–Crippen MR) is 289 cm³/mol. The van der Waals surface area contributed by atoms with Crippen LogP contribution in [0.4, 0.5) is 0 Å². The van der Waals surface area contributed by atoms with Crippen LogP contribution in [-0.2, 0) is 62.3 Å². The fourth-order valence-corrected chi connectivity index (χ4v) is 8.30. The predicted octanol–water partition coefficient (Wildman–Crippen LogP) is -3.97. The summed E-state index contributed by atoms with van der Waals surface area (Å²) in [5.74, 6) is -15.0. The van der Waals surface area contributed by atoms with Gasteiger partial charge in [-0.05, 0) is 94.9 Å². The number of nitrogens with one attached hydrogen (secondary N) is 8. The van der Waals surface area contributed by atoms with Gasteiger partial charge in [-0.1, -0.05) is 41.5 Å². The van der Waals surface area contributed by atoms with Gasteiger partial charge in [-0.3, -0.25) is 62.5 Å². The first-order valence-electron chi connectivity index (χ1n) is 27.0. The molecule has 1 aliphatic rings. The molecule has 1 heterocycles. The van der Waals surface area contributed by atoms with Crippen molar-refractivity contribution >= 4 is 83.0 Å². The zero-order chi connectivity index (χ0) is 61.7. The van der Waals surface area contributed by atoms with Crippen LogP contribution in [-0.4, -0.2) is 189 Å². The Hall–Kier alpha value is -7.70. The number of guanidine groups is 1. The summed E-state index contributed by atoms with van der Waals surface area (Å²) in [6, 6.07) is -12.5. The van der Waals surface area contributed by atoms with Crippen LogP contribution in [0, 0.1) is 17.8 Å². The second kappa shape index (κ2) is 36.5. The molecule has 0 aliphatic carbocycles. The molecule has 0 aromatic rings. The van der Waals surface area contributed by atoms with Gasteiger partial charge in [0, 0.05) is 32.4 Å². The Bertz CT molecular complexity index is 2230. The van der Waals surface area contributed by atoms with E-state index in [1.165, 1.54) is 4.90 Å². The quantitative estimate of drug-likeness (QED) is 0.0159. The minimum Gasteiger partial charge on any atom is -0.481 e. The zero-order valence-electron chi connectivity index (χ0n) is 47.0. The maximum Gasteiger partial charge on any atom is 0.326 e. The smallest absolute Gasteiger partial charge is 0.326 e. The zero-order valence-corrected chi connectivity index (χ0v) is 47.0. The Morgan fingerprint density at radius 2 is 1.05 bits per heavy atom. The Balaban J connectivity index is 3.40. The number of nitrogens with two attached hydrogens (primary N) is 4. The largest absolute Gasteiger partial charge is 0.481 e. The van der Waals surface area contributed by atoms with E-state index in [1.807, 2.05) is 0 Å². The van der Waals surface area contributed by atoms with Crippen LogP contribution in [0.25, 0.3) is 0 Å². The Labute approximate surface area is 469 Å². The van der Waals surface area contributed by atoms with Crippen LogP contribution < -0.4 is 65.5 Å². The molecule has 1 saturated heterocycles. The highest BCUT2D eigenvalue weighted by Crippen LogP contribution is 2.21. The van der Waals surface area contributed by atoms with Crippen LogP contribution in [0.1, 0.15) is 131 Å². The van der Waals surface area contributed by atoms with Crippen LogP contribution in [0.3, 0.4) is 0 Å². The summed E-state index contributed by atoms with van der Waals surface area (Å²) >= 11 is 0. The third kappa shape index (κ3) is 27.3. The third-order valence-electron chi connectivity index (χ3n) is 12.8. The van der Waals surface area contributed by atoms with Crippen LogP contribution in [0.2, 0.25) is 0 Å². The van der Waals surface area contributed by atoms with Crippen molar-refractivity contribution in [1.82, 2.24) is 47.4 Å². The Morgan fingerprint density at radius 3 is 1.53 bits per heavy atom. The van der Waals surface area contributed by atoms with Crippen molar-refractivity contribution in [3.8, 4) is 0 Å². The summed E-state index contributed by atoms with van der Waals surface area (Å²) < 4.78 is 0. The molecule has 0 bridgehead atoms. The summed E-state index contributed by atoms with van der Waals surface area (Å²) in [5, 5.41) is 57.4. The van der Waals surface area contributed by atoms with E-state index in [-0.39, 0.29) is 69.5 Å². The van der Waals surface area contributed by atoms with Crippen LogP contribution in [0.15, 0.2) is 4.99 Å². The van der Waals surface area contributed by atoms with Gasteiger partial charge < -0.3 is 90.8 Å². The van der Waals surface area contributed by atoms with E-state index in [1.54, 1.807) is 41.5 Å². The van der Waals surface area contributed by atoms with Gasteiger partial charge in [-0.25, -0.2) is 4.79 Å². The van der Waals surface area contributed by atoms with Gasteiger partial charge in [0.1, 0.15) is 48.3 Å². The molecule has 1 rings (SSSR count). The first kappa shape index (κ1) is 71.3. The Kier molecular flexibility index (Phi) is 32.2. The molecular weight excluding hydrogens is 1070 g/mol. The average Bonchev–Trinajstić information content (AvgIpc) is 3.97. The number of amides is 9. The standard InChI is InChI=1S/C50H86N14O17/c1-25(2)23-33(44(75)58-28(14-17-36(66)67)41(72)56-24-35(65)57-32(49(80)81)12-9-21-55-50(53)54)62-45(76)34-13-10-22-64(34)48(79)31(11-7-8-20-51)61-47(78)40(27(5)6)63-43(74)30(16-19-38(70)71)59-42(73)29(15-18-37(68)69)60-46(77)39(52)26(3)4/h25-34,39-40H,7-24,51-52H2,1-6H3,(H,56,72)(H,57,65)(H,58,75)(H,59,73)(H,60,77)(H,61,78)(H,62,76)(H,63,74)(H,66,67)(H,68,69)(H,70,71)(H,80,81)(H4,53,54,55)/t28-,29-,30-,31-,32-,33-,34-,39-,40-/m0/s1. The molecule has 1 aliphatic heterocycles. The number of carbonyl (C=O) groups excluding carboxylic acids is 9. The number of unbranched alkanes of at least 4 members (excludes halogenated alkanes) is 1. The lowest BCUT2D eigenvalue weighted by atomic mass is 10.00. The number of hydrogen-bond acceptors (Lipinski definition) is 16. The lowest BCUT2D eigenvalue weighted by molar-refractivity contribution is -0.143. The summed E-state index contributed by atoms with van der Waals surface area (Å²) in [7, 11) is 0. The number of likely N-dealkylation sites (tertiary alicyclic amines) is 1. The van der Waals surface area contributed by atoms with Gasteiger partial charge in [-0.2, -0.15) is 0 Å². The van der Waals surface area contributed by atoms with Crippen molar-refractivity contribution in [2.24, 2.45) is 45.7 Å². The van der Waals surface area contributed by atoms with Crippen molar-refractivity contribution in [3.05, 3.63) is 0 Å². The number of aliphatic imine (C=N–C) groups is 1. The van der Waals surface area contributed by atoms with E-state index in [9.17, 15) is 82.8 Å². The fourth-order valence-electron chi connectivity index (χ4n) is 8.30. The molecule has 458 valence electrons. The molecule has 0 unspecified atom stereocenters. The van der Waals surface area contributed by atoms with Crippen molar-refractivity contribution in [2.45, 2.75) is 186 Å². The molecule has 0 aromatic carbocycles. The second-order valence-corrected chi connectivity index (χ2v) is 20.8. The minimum absolute atomic E-state index is 0.00720. The van der Waals surface area contributed by atoms with E-state index in [0.717, 1.165) is 0 Å². The van der Waals surface area contributed by atoms with Crippen molar-refractivity contribution < 1.29 is 82.8 Å². The molecule has 81 heavy (non-hydrogen) atoms. The minimum atomic E-state index is -1.63. The van der Waals surface area contributed by atoms with Gasteiger partial charge in [0.2, 0.25) is 53.2 Å². The average molecular weight is 1160 g/mol. The van der Waals surface area contributed by atoms with Crippen molar-refractivity contribution in [2.75, 3.05) is 26.2 Å². The molecule has 0 spiro atoms. The molecule has 9 atom stereocenters. The van der Waals surface area contributed by atoms with Gasteiger partial charge in [0.05, 0.1) is 12.6 Å². The van der Waals surface area contributed by atoms with E-state index in [4.69, 9.17) is 22.9 Å². The highest BCUT2D eigenvalue weighted by molar-refractivity contribution is 5.99. The topological polar surface area (TPSA) is 519 Å². The molecule has 31 heteroatoms. The lowest BCUT2D eigenvalue weighted by Gasteiger charge is -2.32. The number of nitrogens with zero attached hydrogens (tertiary/aromatic N) is 2. The molecule has 0 radical (unpaired) electrons. The molecule has 31 nitrogen and oxygen atoms in total. The number of carboxylic acids is 4. The monoisotopic (exact) mass is 1150 g/mol. The van der Waals surface area contributed by atoms with E-state index in [2.05, 4.69) is 47.5 Å². The maximum atomic E-state index is 14.5. The van der Waals surface area contributed by atoms with Gasteiger partial charge in [0.15, 0.2) is 5.96 Å². The van der Waals surface area contributed by atoms with Crippen LogP contribution >= 0.6 is 0 Å². The first-order valence-corrected chi connectivity index (χ1v) is 27.0. The molecular formula is C50H86N14O17. The molecule has 1 fully saturated rings. The number of rotatable bonds is 39. The van der Waals surface area contributed by atoms with Gasteiger partial charge in [-0.15, -0.1) is 0 Å². The maximum absolute atomic E-state index is 14.5. The third-order valence-corrected chi connectivity index (χ3v) is 12.8. The summed E-state index contributed by atoms with van der Waals surface area (Å²) in [6.07, 6.45) is -1.99. The summed E-state index contributed by atoms with van der Waals surface area (Å²) in [6.45, 7) is 9.43. The number of hydrogen-bond donors (Lipinski definition) is 16. The fraction of sp³-hybridized carbons (Fsp3) is 0.720. The highest BCUT2D eigenvalue weighted by Gasteiger charge is 2.41. The van der Waals surface area contributed by atoms with Gasteiger partial charge >= 0.3 is 23.9 Å². The molecule has 0 saturated carbocycles. The molecule has 0 aromatic heterocycles. The van der Waals surface area contributed by atoms with Crippen molar-refractivity contribution in [1.29, 1.82) is 0 Å². The SMILES string of the molecule is CC(C)C[C@H](NC(=O)[C@@H]1CCCN1C(=O)[C@H](CCCCN)NC(=O)[C@@H](NC(=O)[C@H](CCC(=O)O)NC(=O)[C@H](CCC(=O)O)NC(=O)[C@@H](N)C(C)C)C(C)C)C(=O)N[C@@H](CCC(=O)O)C(=O)NCC(=O)N[C@@H](CCCN=C(N)N)C(=O)O. The van der Waals surface area contributed by atoms with E-state index in [0.29, 0.717) is 19.3 Å². The lowest BCUT2D eigenvalue weighted by Crippen LogP contribution is -2.61. The highest BCUT2D eigenvalue weighted by atomic mass is 16.4.